The molecular formula is C19H22N2O2S. The zero-order chi connectivity index (χ0) is 16.8. The molecule has 1 aliphatic rings. The van der Waals surface area contributed by atoms with Crippen LogP contribution in [-0.4, -0.2) is 22.1 Å². The molecule has 0 amide bonds. The maximum absolute atomic E-state index is 11.0. The van der Waals surface area contributed by atoms with Gasteiger partial charge in [-0.05, 0) is 43.4 Å². The highest BCUT2D eigenvalue weighted by Gasteiger charge is 2.25. The summed E-state index contributed by atoms with van der Waals surface area (Å²) in [6.07, 6.45) is 5.18. The van der Waals surface area contributed by atoms with Crippen LogP contribution in [0.4, 0.5) is 5.82 Å². The van der Waals surface area contributed by atoms with E-state index in [1.165, 1.54) is 5.56 Å². The lowest BCUT2D eigenvalue weighted by Crippen LogP contribution is -2.29. The summed E-state index contributed by atoms with van der Waals surface area (Å²) in [4.78, 5) is 16.6. The second-order valence-electron chi connectivity index (χ2n) is 6.18. The fourth-order valence-electron chi connectivity index (χ4n) is 2.99. The molecule has 4 nitrogen and oxygen atoms in total. The number of aliphatic carboxylic acids is 1. The fraction of sp³-hybridized carbons (Fsp3) is 0.368. The summed E-state index contributed by atoms with van der Waals surface area (Å²) in [7, 11) is 0. The van der Waals surface area contributed by atoms with Crippen LogP contribution in [0.1, 0.15) is 31.2 Å². The highest BCUT2D eigenvalue weighted by molar-refractivity contribution is 7.98. The van der Waals surface area contributed by atoms with Crippen molar-refractivity contribution in [2.75, 3.05) is 5.32 Å². The third kappa shape index (κ3) is 4.74. The lowest BCUT2D eigenvalue weighted by molar-refractivity contribution is -0.142. The van der Waals surface area contributed by atoms with E-state index in [9.17, 15) is 4.79 Å². The molecule has 3 rings (SSSR count). The van der Waals surface area contributed by atoms with Gasteiger partial charge in [0, 0.05) is 22.9 Å². The molecule has 0 saturated heterocycles. The Labute approximate surface area is 146 Å². The summed E-state index contributed by atoms with van der Waals surface area (Å²) in [6.45, 7) is 0. The van der Waals surface area contributed by atoms with Gasteiger partial charge in [0.2, 0.25) is 0 Å². The number of rotatable bonds is 6. The second kappa shape index (κ2) is 8.20. The molecule has 2 aromatic rings. The van der Waals surface area contributed by atoms with Crippen LogP contribution >= 0.6 is 11.8 Å². The van der Waals surface area contributed by atoms with Crippen molar-refractivity contribution < 1.29 is 9.90 Å². The number of anilines is 1. The maximum atomic E-state index is 11.0. The Hall–Kier alpha value is -2.01. The average molecular weight is 342 g/mol. The number of carbonyl (C=O) groups is 1. The molecule has 1 aliphatic carbocycles. The Morgan fingerprint density at radius 1 is 1.12 bits per heavy atom. The topological polar surface area (TPSA) is 62.2 Å². The van der Waals surface area contributed by atoms with E-state index in [0.717, 1.165) is 42.1 Å². The summed E-state index contributed by atoms with van der Waals surface area (Å²) >= 11 is 1.78. The molecule has 0 atom stereocenters. The molecule has 2 N–H and O–H groups in total. The molecule has 1 saturated carbocycles. The molecule has 0 radical (unpaired) electrons. The molecule has 1 aromatic heterocycles. The fourth-order valence-corrected chi connectivity index (χ4v) is 3.80. The predicted molar refractivity (Wildman–Crippen MR) is 97.2 cm³/mol. The normalized spacial score (nSPS) is 20.5. The Morgan fingerprint density at radius 3 is 2.50 bits per heavy atom. The summed E-state index contributed by atoms with van der Waals surface area (Å²) in [5.74, 6) is 0.978. The molecule has 0 spiro atoms. The van der Waals surface area contributed by atoms with E-state index in [1.807, 2.05) is 18.3 Å². The van der Waals surface area contributed by atoms with Crippen LogP contribution < -0.4 is 5.32 Å². The first-order chi connectivity index (χ1) is 11.7. The van der Waals surface area contributed by atoms with Crippen molar-refractivity contribution in [1.29, 1.82) is 0 Å². The van der Waals surface area contributed by atoms with Gasteiger partial charge >= 0.3 is 5.97 Å². The number of aromatic nitrogens is 1. The van der Waals surface area contributed by atoms with Gasteiger partial charge in [0.1, 0.15) is 5.82 Å². The van der Waals surface area contributed by atoms with E-state index in [-0.39, 0.29) is 5.92 Å². The third-order valence-electron chi connectivity index (χ3n) is 4.41. The maximum Gasteiger partial charge on any atom is 0.306 e. The van der Waals surface area contributed by atoms with Crippen LogP contribution in [0, 0.1) is 5.92 Å². The number of hydrogen-bond acceptors (Lipinski definition) is 4. The Bertz CT molecular complexity index is 653. The summed E-state index contributed by atoms with van der Waals surface area (Å²) < 4.78 is 0. The van der Waals surface area contributed by atoms with Crippen LogP contribution in [-0.2, 0) is 10.5 Å². The highest BCUT2D eigenvalue weighted by atomic mass is 32.2. The number of pyridine rings is 1. The lowest BCUT2D eigenvalue weighted by Gasteiger charge is -2.27. The van der Waals surface area contributed by atoms with Crippen molar-refractivity contribution in [3.8, 4) is 0 Å². The first kappa shape index (κ1) is 16.8. The van der Waals surface area contributed by atoms with Crippen LogP contribution in [0.3, 0.4) is 0 Å². The Balaban J connectivity index is 1.47. The van der Waals surface area contributed by atoms with E-state index in [1.54, 1.807) is 11.8 Å². The Kier molecular flexibility index (Phi) is 5.75. The van der Waals surface area contributed by atoms with Crippen LogP contribution in [0.15, 0.2) is 53.6 Å². The third-order valence-corrected chi connectivity index (χ3v) is 5.47. The van der Waals surface area contributed by atoms with Gasteiger partial charge in [-0.25, -0.2) is 4.98 Å². The number of thioether (sulfide) groups is 1. The number of hydrogen-bond donors (Lipinski definition) is 2. The van der Waals surface area contributed by atoms with Crippen molar-refractivity contribution in [3.63, 3.8) is 0 Å². The van der Waals surface area contributed by atoms with Crippen molar-refractivity contribution in [1.82, 2.24) is 4.98 Å². The summed E-state index contributed by atoms with van der Waals surface area (Å²) in [5.41, 5.74) is 1.31. The van der Waals surface area contributed by atoms with Gasteiger partial charge in [0.05, 0.1) is 5.92 Å². The van der Waals surface area contributed by atoms with Gasteiger partial charge in [-0.2, -0.15) is 0 Å². The monoisotopic (exact) mass is 342 g/mol. The van der Waals surface area contributed by atoms with Crippen LogP contribution in [0.2, 0.25) is 0 Å². The zero-order valence-corrected chi connectivity index (χ0v) is 14.3. The molecule has 5 heteroatoms. The average Bonchev–Trinajstić information content (AvgIpc) is 2.62. The number of benzene rings is 1. The molecule has 1 fully saturated rings. The number of carboxylic acids is 1. The quantitative estimate of drug-likeness (QED) is 0.761. The van der Waals surface area contributed by atoms with E-state index < -0.39 is 5.97 Å². The molecule has 126 valence electrons. The SMILES string of the molecule is O=C(O)C1CCC(Nc2ccc(SCc3ccccc3)cn2)CC1. The van der Waals surface area contributed by atoms with Gasteiger partial charge in [-0.1, -0.05) is 30.3 Å². The first-order valence-corrected chi connectivity index (χ1v) is 9.31. The molecule has 0 aliphatic heterocycles. The molecule has 1 heterocycles. The van der Waals surface area contributed by atoms with Gasteiger partial charge in [0.25, 0.3) is 0 Å². The lowest BCUT2D eigenvalue weighted by atomic mass is 9.86. The van der Waals surface area contributed by atoms with Crippen molar-refractivity contribution in [2.45, 2.75) is 42.4 Å². The second-order valence-corrected chi connectivity index (χ2v) is 7.23. The summed E-state index contributed by atoms with van der Waals surface area (Å²) in [5, 5.41) is 12.5. The first-order valence-electron chi connectivity index (χ1n) is 8.33. The van der Waals surface area contributed by atoms with Gasteiger partial charge in [0.15, 0.2) is 0 Å². The Morgan fingerprint density at radius 2 is 1.88 bits per heavy atom. The minimum atomic E-state index is -0.661. The summed E-state index contributed by atoms with van der Waals surface area (Å²) in [6, 6.07) is 14.8. The van der Waals surface area contributed by atoms with Gasteiger partial charge in [-0.15, -0.1) is 11.8 Å². The minimum absolute atomic E-state index is 0.173. The standard InChI is InChI=1S/C19H22N2O2S/c22-19(23)15-6-8-16(9-7-15)21-18-11-10-17(12-20-18)24-13-14-4-2-1-3-5-14/h1-5,10-12,15-16H,6-9,13H2,(H,20,21)(H,22,23). The van der Waals surface area contributed by atoms with E-state index in [2.05, 4.69) is 40.6 Å². The van der Waals surface area contributed by atoms with E-state index >= 15 is 0 Å². The highest BCUT2D eigenvalue weighted by Crippen LogP contribution is 2.27. The van der Waals surface area contributed by atoms with Crippen LogP contribution in [0.25, 0.3) is 0 Å². The molecule has 24 heavy (non-hydrogen) atoms. The largest absolute Gasteiger partial charge is 0.481 e. The predicted octanol–water partition coefficient (Wildman–Crippen LogP) is 4.43. The number of nitrogens with zero attached hydrogens (tertiary/aromatic N) is 1. The smallest absolute Gasteiger partial charge is 0.306 e. The van der Waals surface area contributed by atoms with Gasteiger partial charge < -0.3 is 10.4 Å². The van der Waals surface area contributed by atoms with Crippen molar-refractivity contribution in [3.05, 3.63) is 54.2 Å². The molecule has 1 aromatic carbocycles. The van der Waals surface area contributed by atoms with Gasteiger partial charge in [-0.3, -0.25) is 4.79 Å². The minimum Gasteiger partial charge on any atom is -0.481 e. The molecule has 0 unspecified atom stereocenters. The molecular weight excluding hydrogens is 320 g/mol. The van der Waals surface area contributed by atoms with Crippen molar-refractivity contribution >= 4 is 23.5 Å². The van der Waals surface area contributed by atoms with E-state index in [0.29, 0.717) is 6.04 Å². The van der Waals surface area contributed by atoms with E-state index in [4.69, 9.17) is 5.11 Å². The van der Waals surface area contributed by atoms with Crippen molar-refractivity contribution in [2.24, 2.45) is 5.92 Å². The number of nitrogens with one attached hydrogen (secondary N) is 1. The zero-order valence-electron chi connectivity index (χ0n) is 13.5. The molecule has 0 bridgehead atoms. The van der Waals surface area contributed by atoms with Crippen LogP contribution in [0.5, 0.6) is 0 Å². The number of carboxylic acid groups (broad SMARTS) is 1.